The molecule has 1 aliphatic heterocycles. The summed E-state index contributed by atoms with van der Waals surface area (Å²) in [4.78, 5) is 9.77. The van der Waals surface area contributed by atoms with E-state index in [1.807, 2.05) is 11.5 Å². The van der Waals surface area contributed by atoms with E-state index in [4.69, 9.17) is 0 Å². The summed E-state index contributed by atoms with van der Waals surface area (Å²) in [7, 11) is 2.84. The summed E-state index contributed by atoms with van der Waals surface area (Å²) in [5.41, 5.74) is 0. The Bertz CT molecular complexity index is 116. The van der Waals surface area contributed by atoms with Crippen LogP contribution in [0.5, 0.6) is 0 Å². The van der Waals surface area contributed by atoms with Gasteiger partial charge in [0.05, 0.1) is 11.8 Å². The molecule has 0 aliphatic carbocycles. The molecule has 0 radical (unpaired) electrons. The molecule has 3 nitrogen and oxygen atoms in total. The fraction of sp³-hybridized carbons (Fsp3) is 0.333. The number of nitrogens with zero attached hydrogens (tertiary/aromatic N) is 2. The maximum Gasteiger partial charge on any atom is 0.0713 e. The third-order valence-corrected chi connectivity index (χ3v) is 2.52. The van der Waals surface area contributed by atoms with Crippen LogP contribution in [0.4, 0.5) is 0 Å². The summed E-state index contributed by atoms with van der Waals surface area (Å²) < 4.78 is 1.38. The maximum absolute atomic E-state index is 9.77. The largest absolute Gasteiger partial charge is 0.188 e. The second kappa shape index (κ2) is 2.99. The maximum atomic E-state index is 9.77. The molecule has 5 heteroatoms. The van der Waals surface area contributed by atoms with Crippen LogP contribution in [-0.4, -0.2) is 11.0 Å². The minimum Gasteiger partial charge on any atom is -0.188 e. The zero-order valence-electron chi connectivity index (χ0n) is 3.98. The van der Waals surface area contributed by atoms with Gasteiger partial charge in [-0.2, -0.15) is 4.41 Å². The molecule has 0 aromatic heterocycles. The van der Waals surface area contributed by atoms with Crippen LogP contribution >= 0.6 is 21.8 Å². The van der Waals surface area contributed by atoms with E-state index in [0.29, 0.717) is 6.54 Å². The van der Waals surface area contributed by atoms with E-state index in [9.17, 15) is 4.91 Å². The van der Waals surface area contributed by atoms with Crippen LogP contribution in [0.1, 0.15) is 0 Å². The van der Waals surface area contributed by atoms with Crippen molar-refractivity contribution in [3.05, 3.63) is 16.4 Å². The summed E-state index contributed by atoms with van der Waals surface area (Å²) in [6.07, 6.45) is 1.89. The molecule has 0 aromatic carbocycles. The molecule has 1 rings (SSSR count). The Balaban J connectivity index is 2.37. The molecule has 0 unspecified atom stereocenters. The summed E-state index contributed by atoms with van der Waals surface area (Å²) in [5, 5.41) is 4.66. The van der Waals surface area contributed by atoms with Crippen LogP contribution in [0.15, 0.2) is 16.8 Å². The van der Waals surface area contributed by atoms with Gasteiger partial charge in [-0.1, -0.05) is 6.08 Å². The van der Waals surface area contributed by atoms with Crippen LogP contribution in [-0.2, 0) is 0 Å². The normalized spacial score (nSPS) is 18.8. The van der Waals surface area contributed by atoms with Crippen LogP contribution < -0.4 is 0 Å². The van der Waals surface area contributed by atoms with Crippen LogP contribution in [0.25, 0.3) is 0 Å². The lowest BCUT2D eigenvalue weighted by Gasteiger charge is -2.11. The molecular weight excluding hydrogens is 144 g/mol. The number of hydrogen-bond acceptors (Lipinski definition) is 4. The van der Waals surface area contributed by atoms with Crippen LogP contribution in [0.2, 0.25) is 0 Å². The second-order valence-electron chi connectivity index (χ2n) is 1.16. The third kappa shape index (κ3) is 1.41. The monoisotopic (exact) mass is 148 g/mol. The Morgan fingerprint density at radius 3 is 3.00 bits per heavy atom. The Morgan fingerprint density at radius 1 is 1.75 bits per heavy atom. The van der Waals surface area contributed by atoms with Gasteiger partial charge in [-0.25, -0.2) is 0 Å². The molecule has 0 bridgehead atoms. The quantitative estimate of drug-likeness (QED) is 0.322. The molecule has 44 valence electrons. The third-order valence-electron chi connectivity index (χ3n) is 0.634. The molecule has 0 saturated heterocycles. The minimum atomic E-state index is 0.626. The van der Waals surface area contributed by atoms with Crippen LogP contribution in [0.3, 0.4) is 0 Å². The van der Waals surface area contributed by atoms with E-state index in [1.54, 1.807) is 0 Å². The lowest BCUT2D eigenvalue weighted by Crippen LogP contribution is -2.06. The van der Waals surface area contributed by atoms with Crippen molar-refractivity contribution in [1.82, 2.24) is 4.41 Å². The summed E-state index contributed by atoms with van der Waals surface area (Å²) in [6.45, 7) is 0.626. The predicted octanol–water partition coefficient (Wildman–Crippen LogP) is 1.79. The summed E-state index contributed by atoms with van der Waals surface area (Å²) in [5.74, 6) is 0. The molecule has 8 heavy (non-hydrogen) atoms. The highest BCUT2D eigenvalue weighted by Crippen LogP contribution is 2.30. The van der Waals surface area contributed by atoms with Gasteiger partial charge in [0.1, 0.15) is 0 Å². The zero-order valence-corrected chi connectivity index (χ0v) is 5.61. The molecular formula is C3H4N2OS2. The molecule has 1 heterocycles. The lowest BCUT2D eigenvalue weighted by atomic mass is 10.7. The molecule has 0 N–H and O–H groups in total. The van der Waals surface area contributed by atoms with Crippen molar-refractivity contribution in [2.24, 2.45) is 5.29 Å². The van der Waals surface area contributed by atoms with Crippen molar-refractivity contribution in [3.63, 3.8) is 0 Å². The summed E-state index contributed by atoms with van der Waals surface area (Å²) in [6, 6.07) is 0. The topological polar surface area (TPSA) is 32.7 Å². The van der Waals surface area contributed by atoms with E-state index in [-0.39, 0.29) is 0 Å². The highest BCUT2D eigenvalue weighted by Gasteiger charge is 2.03. The van der Waals surface area contributed by atoms with Crippen molar-refractivity contribution >= 4 is 21.8 Å². The Kier molecular flexibility index (Phi) is 2.23. The number of nitroso groups, excluding NO2 is 1. The first-order valence-corrected chi connectivity index (χ1v) is 4.20. The van der Waals surface area contributed by atoms with Gasteiger partial charge in [0.25, 0.3) is 0 Å². The van der Waals surface area contributed by atoms with E-state index < -0.39 is 0 Å². The van der Waals surface area contributed by atoms with Crippen molar-refractivity contribution in [2.45, 2.75) is 0 Å². The predicted molar refractivity (Wildman–Crippen MR) is 36.8 cm³/mol. The minimum absolute atomic E-state index is 0.626. The first-order valence-electron chi connectivity index (χ1n) is 2.03. The van der Waals surface area contributed by atoms with Gasteiger partial charge in [0.15, 0.2) is 0 Å². The van der Waals surface area contributed by atoms with Gasteiger partial charge in [-0.15, -0.1) is 4.91 Å². The van der Waals surface area contributed by atoms with E-state index in [0.717, 1.165) is 0 Å². The van der Waals surface area contributed by atoms with Gasteiger partial charge in [0, 0.05) is 11.0 Å². The first-order chi connectivity index (χ1) is 3.93. The van der Waals surface area contributed by atoms with Gasteiger partial charge in [0.2, 0.25) is 0 Å². The highest BCUT2D eigenvalue weighted by molar-refractivity contribution is 8.77. The Morgan fingerprint density at radius 2 is 2.62 bits per heavy atom. The van der Waals surface area contributed by atoms with Crippen molar-refractivity contribution < 1.29 is 0 Å². The zero-order chi connectivity index (χ0) is 5.82. The lowest BCUT2D eigenvalue weighted by molar-refractivity contribution is 0.557. The number of rotatable bonds is 1. The van der Waals surface area contributed by atoms with E-state index in [1.165, 1.54) is 26.2 Å². The number of hydrogen-bond donors (Lipinski definition) is 0. The van der Waals surface area contributed by atoms with E-state index in [2.05, 4.69) is 5.29 Å². The molecule has 0 saturated carbocycles. The van der Waals surface area contributed by atoms with Gasteiger partial charge in [-0.05, 0) is 16.2 Å². The van der Waals surface area contributed by atoms with Gasteiger partial charge in [-0.3, -0.25) is 0 Å². The fourth-order valence-corrected chi connectivity index (χ4v) is 1.76. The fourth-order valence-electron chi connectivity index (χ4n) is 0.324. The SMILES string of the molecule is O=NN1CC=CSS1. The van der Waals surface area contributed by atoms with Crippen LogP contribution in [0, 0.1) is 4.91 Å². The molecule has 0 aromatic rings. The standard InChI is InChI=1S/C3H4N2OS2/c6-4-5-2-1-3-7-8-5/h1,3H,2H2. The van der Waals surface area contributed by atoms with E-state index >= 15 is 0 Å². The average molecular weight is 148 g/mol. The molecule has 0 atom stereocenters. The van der Waals surface area contributed by atoms with Crippen molar-refractivity contribution in [1.29, 1.82) is 0 Å². The molecule has 1 aliphatic rings. The van der Waals surface area contributed by atoms with Crippen molar-refractivity contribution in [3.8, 4) is 0 Å². The van der Waals surface area contributed by atoms with Gasteiger partial charge >= 0.3 is 0 Å². The van der Waals surface area contributed by atoms with Crippen molar-refractivity contribution in [2.75, 3.05) is 6.54 Å². The summed E-state index contributed by atoms with van der Waals surface area (Å²) >= 11 is 0. The van der Waals surface area contributed by atoms with Gasteiger partial charge < -0.3 is 0 Å². The molecule has 0 amide bonds. The Labute approximate surface area is 55.0 Å². The second-order valence-corrected chi connectivity index (χ2v) is 3.22. The smallest absolute Gasteiger partial charge is 0.0713 e. The first kappa shape index (κ1) is 5.97. The molecule has 0 spiro atoms. The molecule has 0 fully saturated rings. The highest BCUT2D eigenvalue weighted by atomic mass is 33.1. The average Bonchev–Trinajstić information content (AvgIpc) is 1.90. The Hall–Kier alpha value is -0.160.